The third-order valence-electron chi connectivity index (χ3n) is 7.68. The molecule has 2 heterocycles. The molecule has 42 heavy (non-hydrogen) atoms. The average Bonchev–Trinajstić information content (AvgIpc) is 3.62. The Bertz CT molecular complexity index is 1730. The van der Waals surface area contributed by atoms with Crippen LogP contribution in [0.5, 0.6) is 11.5 Å². The monoisotopic (exact) mass is 592 g/mol. The molecule has 5 heteroatoms. The second-order valence-electron chi connectivity index (χ2n) is 10.9. The van der Waals surface area contributed by atoms with Crippen LogP contribution in [0.1, 0.15) is 36.1 Å². The van der Waals surface area contributed by atoms with Crippen molar-refractivity contribution in [2.45, 2.75) is 46.6 Å². The van der Waals surface area contributed by atoms with Gasteiger partial charge in [0.1, 0.15) is 30.8 Å². The van der Waals surface area contributed by atoms with Gasteiger partial charge in [-0.2, -0.15) is 0 Å². The highest BCUT2D eigenvalue weighted by Gasteiger charge is 2.13. The van der Waals surface area contributed by atoms with Crippen LogP contribution >= 0.6 is 22.7 Å². The van der Waals surface area contributed by atoms with E-state index in [0.29, 0.717) is 0 Å². The van der Waals surface area contributed by atoms with E-state index in [0.717, 1.165) is 24.3 Å². The van der Waals surface area contributed by atoms with Crippen LogP contribution in [-0.2, 0) is 12.8 Å². The minimum atomic E-state index is -0.742. The van der Waals surface area contributed by atoms with Crippen molar-refractivity contribution in [3.8, 4) is 32.4 Å². The number of fused-ring (bicyclic) bond motifs is 2. The van der Waals surface area contributed by atoms with Crippen molar-refractivity contribution in [1.29, 1.82) is 0 Å². The number of hydrogen-bond acceptors (Lipinski definition) is 5. The lowest BCUT2D eigenvalue weighted by Gasteiger charge is -2.13. The quantitative estimate of drug-likeness (QED) is 0.172. The topological polar surface area (TPSA) is 38.7 Å². The second-order valence-corrected chi connectivity index (χ2v) is 13.1. The van der Waals surface area contributed by atoms with E-state index in [1.165, 1.54) is 63.3 Å². The fourth-order valence-electron chi connectivity index (χ4n) is 5.41. The molecule has 6 aromatic rings. The van der Waals surface area contributed by atoms with Gasteiger partial charge in [0, 0.05) is 19.2 Å². The SMILES string of the molecule is CCc1cc(C)ccc1-c1cc2ccc(OCC(O)COc3ccc4cc(-c5ccc(C)cc5CC)sc4c3)cc2s1. The Hall–Kier alpha value is -3.64. The van der Waals surface area contributed by atoms with E-state index in [9.17, 15) is 5.11 Å². The van der Waals surface area contributed by atoms with E-state index in [1.807, 2.05) is 12.1 Å². The van der Waals surface area contributed by atoms with Gasteiger partial charge in [-0.1, -0.05) is 61.4 Å². The summed E-state index contributed by atoms with van der Waals surface area (Å²) in [6.07, 6.45) is 1.28. The smallest absolute Gasteiger partial charge is 0.122 e. The Morgan fingerprint density at radius 2 is 1.05 bits per heavy atom. The summed E-state index contributed by atoms with van der Waals surface area (Å²) in [5.41, 5.74) is 7.93. The molecule has 0 aliphatic rings. The number of benzene rings is 4. The average molecular weight is 593 g/mol. The minimum absolute atomic E-state index is 0.167. The van der Waals surface area contributed by atoms with Gasteiger partial charge in [0.15, 0.2) is 0 Å². The maximum absolute atomic E-state index is 10.6. The van der Waals surface area contributed by atoms with E-state index in [-0.39, 0.29) is 13.2 Å². The molecule has 3 nitrogen and oxygen atoms in total. The zero-order chi connectivity index (χ0) is 29.2. The van der Waals surface area contributed by atoms with Gasteiger partial charge >= 0.3 is 0 Å². The van der Waals surface area contributed by atoms with Gasteiger partial charge in [0.25, 0.3) is 0 Å². The number of aliphatic hydroxyl groups excluding tert-OH is 1. The molecule has 0 amide bonds. The molecule has 214 valence electrons. The van der Waals surface area contributed by atoms with E-state index in [1.54, 1.807) is 22.7 Å². The van der Waals surface area contributed by atoms with Crippen molar-refractivity contribution >= 4 is 42.8 Å². The first-order valence-corrected chi connectivity index (χ1v) is 16.2. The molecular formula is C37H36O3S2. The van der Waals surface area contributed by atoms with Crippen LogP contribution in [0, 0.1) is 13.8 Å². The lowest BCUT2D eigenvalue weighted by atomic mass is 10.0. The molecule has 0 aliphatic carbocycles. The predicted octanol–water partition coefficient (Wildman–Crippen LogP) is 10.0. The molecule has 0 saturated heterocycles. The first-order valence-electron chi connectivity index (χ1n) is 14.6. The van der Waals surface area contributed by atoms with Crippen molar-refractivity contribution in [2.75, 3.05) is 13.2 Å². The van der Waals surface area contributed by atoms with E-state index in [2.05, 4.69) is 100 Å². The molecule has 2 aromatic heterocycles. The van der Waals surface area contributed by atoms with Gasteiger partial charge in [0.2, 0.25) is 0 Å². The molecule has 0 bridgehead atoms. The van der Waals surface area contributed by atoms with Crippen LogP contribution in [0.3, 0.4) is 0 Å². The van der Waals surface area contributed by atoms with Gasteiger partial charge in [-0.3, -0.25) is 0 Å². The third kappa shape index (κ3) is 6.10. The highest BCUT2D eigenvalue weighted by Crippen LogP contribution is 2.39. The standard InChI is InChI=1S/C37H36O3S2/c1-5-25-15-23(3)7-13-32(25)36-17-27-9-11-30(19-34(27)41-36)39-21-29(38)22-40-31-12-10-28-18-37(42-35(28)20-31)33-14-8-24(4)16-26(33)6-2/h7-20,29,38H,5-6,21-22H2,1-4H3. The Balaban J connectivity index is 1.08. The van der Waals surface area contributed by atoms with Crippen molar-refractivity contribution in [2.24, 2.45) is 0 Å². The zero-order valence-corrected chi connectivity index (χ0v) is 26.2. The Morgan fingerprint density at radius 1 is 0.595 bits per heavy atom. The Kier molecular flexibility index (Phi) is 8.34. The zero-order valence-electron chi connectivity index (χ0n) is 24.6. The third-order valence-corrected chi connectivity index (χ3v) is 9.94. The number of aryl methyl sites for hydroxylation is 4. The summed E-state index contributed by atoms with van der Waals surface area (Å²) in [5, 5.41) is 13.0. The van der Waals surface area contributed by atoms with E-state index >= 15 is 0 Å². The van der Waals surface area contributed by atoms with Gasteiger partial charge in [-0.15, -0.1) is 22.7 Å². The maximum Gasteiger partial charge on any atom is 0.122 e. The number of hydrogen-bond donors (Lipinski definition) is 1. The van der Waals surface area contributed by atoms with Crippen molar-refractivity contribution in [3.05, 3.63) is 107 Å². The maximum atomic E-state index is 10.6. The Labute approximate surface area is 256 Å². The number of ether oxygens (including phenoxy) is 2. The van der Waals surface area contributed by atoms with Gasteiger partial charge < -0.3 is 14.6 Å². The molecule has 0 fully saturated rings. The van der Waals surface area contributed by atoms with Crippen molar-refractivity contribution in [1.82, 2.24) is 0 Å². The van der Waals surface area contributed by atoms with Crippen LogP contribution < -0.4 is 9.47 Å². The molecule has 0 radical (unpaired) electrons. The van der Waals surface area contributed by atoms with Crippen LogP contribution in [-0.4, -0.2) is 24.4 Å². The Morgan fingerprint density at radius 3 is 1.48 bits per heavy atom. The molecular weight excluding hydrogens is 557 g/mol. The summed E-state index contributed by atoms with van der Waals surface area (Å²) < 4.78 is 14.3. The molecule has 1 N–H and O–H groups in total. The second kappa shape index (κ2) is 12.3. The molecule has 0 spiro atoms. The summed E-state index contributed by atoms with van der Waals surface area (Å²) >= 11 is 3.56. The van der Waals surface area contributed by atoms with Gasteiger partial charge in [-0.05, 0) is 108 Å². The van der Waals surface area contributed by atoms with Gasteiger partial charge in [0.05, 0.1) is 0 Å². The highest BCUT2D eigenvalue weighted by molar-refractivity contribution is 7.22. The summed E-state index contributed by atoms with van der Waals surface area (Å²) in [6.45, 7) is 9.03. The number of aliphatic hydroxyl groups is 1. The minimum Gasteiger partial charge on any atom is -0.491 e. The molecule has 0 saturated carbocycles. The molecule has 6 rings (SSSR count). The van der Waals surface area contributed by atoms with Gasteiger partial charge in [-0.25, -0.2) is 0 Å². The lowest BCUT2D eigenvalue weighted by molar-refractivity contribution is 0.0627. The van der Waals surface area contributed by atoms with E-state index in [4.69, 9.17) is 9.47 Å². The number of rotatable bonds is 10. The van der Waals surface area contributed by atoms with Crippen LogP contribution in [0.2, 0.25) is 0 Å². The fraction of sp³-hybridized carbons (Fsp3) is 0.243. The summed E-state index contributed by atoms with van der Waals surface area (Å²) in [7, 11) is 0. The van der Waals surface area contributed by atoms with Crippen LogP contribution in [0.4, 0.5) is 0 Å². The summed E-state index contributed by atoms with van der Waals surface area (Å²) in [6, 6.07) is 30.2. The van der Waals surface area contributed by atoms with Crippen LogP contribution in [0.25, 0.3) is 41.1 Å². The highest BCUT2D eigenvalue weighted by atomic mass is 32.1. The first kappa shape index (κ1) is 28.5. The van der Waals surface area contributed by atoms with Crippen molar-refractivity contribution < 1.29 is 14.6 Å². The molecule has 0 atom stereocenters. The van der Waals surface area contributed by atoms with E-state index < -0.39 is 6.10 Å². The lowest BCUT2D eigenvalue weighted by Crippen LogP contribution is -2.25. The molecule has 0 unspecified atom stereocenters. The molecule has 0 aliphatic heterocycles. The predicted molar refractivity (Wildman–Crippen MR) is 180 cm³/mol. The normalized spacial score (nSPS) is 11.6. The molecule has 4 aromatic carbocycles. The van der Waals surface area contributed by atoms with Crippen molar-refractivity contribution in [3.63, 3.8) is 0 Å². The first-order chi connectivity index (χ1) is 20.4. The summed E-state index contributed by atoms with van der Waals surface area (Å²) in [4.78, 5) is 2.54. The summed E-state index contributed by atoms with van der Waals surface area (Å²) in [5.74, 6) is 1.51. The fourth-order valence-corrected chi connectivity index (χ4v) is 7.72. The largest absolute Gasteiger partial charge is 0.491 e. The number of thiophene rings is 2. The van der Waals surface area contributed by atoms with Crippen LogP contribution in [0.15, 0.2) is 84.9 Å².